The van der Waals surface area contributed by atoms with E-state index in [1.807, 2.05) is 0 Å². The molecule has 7 nitrogen and oxygen atoms in total. The Morgan fingerprint density at radius 1 is 1.17 bits per heavy atom. The molecule has 0 fully saturated rings. The fourth-order valence-corrected chi connectivity index (χ4v) is 2.73. The second-order valence-electron chi connectivity index (χ2n) is 5.66. The van der Waals surface area contributed by atoms with Crippen LogP contribution in [0.4, 0.5) is 0 Å². The van der Waals surface area contributed by atoms with E-state index in [-0.39, 0.29) is 49.6 Å². The molecule has 2 rings (SSSR count). The van der Waals surface area contributed by atoms with Crippen LogP contribution >= 0.6 is 0 Å². The Hall–Kier alpha value is -2.38. The second kappa shape index (κ2) is 7.46. The number of nitrogens with zero attached hydrogens (tertiary/aromatic N) is 1. The predicted molar refractivity (Wildman–Crippen MR) is 88.1 cm³/mol. The van der Waals surface area contributed by atoms with Crippen LogP contribution in [0.25, 0.3) is 11.0 Å². The van der Waals surface area contributed by atoms with Gasteiger partial charge in [0, 0.05) is 13.1 Å². The lowest BCUT2D eigenvalue weighted by Crippen LogP contribution is -2.37. The van der Waals surface area contributed by atoms with Gasteiger partial charge in [-0.3, -0.25) is 4.79 Å². The van der Waals surface area contributed by atoms with Gasteiger partial charge in [-0.25, -0.2) is 4.79 Å². The topological polar surface area (TPSA) is 111 Å². The first-order valence-electron chi connectivity index (χ1n) is 7.64. The Bertz CT molecular complexity index is 805. The highest BCUT2D eigenvalue weighted by Crippen LogP contribution is 2.30. The number of hydrogen-bond donors (Lipinski definition) is 3. The van der Waals surface area contributed by atoms with Gasteiger partial charge in [-0.2, -0.15) is 0 Å². The maximum absolute atomic E-state index is 12.3. The number of amides is 1. The van der Waals surface area contributed by atoms with Gasteiger partial charge in [0.15, 0.2) is 0 Å². The molecule has 1 heterocycles. The van der Waals surface area contributed by atoms with Crippen LogP contribution < -0.4 is 5.63 Å². The monoisotopic (exact) mass is 335 g/mol. The fraction of sp³-hybridized carbons (Fsp3) is 0.412. The molecule has 2 aromatic rings. The Balaban J connectivity index is 2.46. The third-order valence-corrected chi connectivity index (χ3v) is 3.92. The number of aromatic hydroxyl groups is 1. The summed E-state index contributed by atoms with van der Waals surface area (Å²) >= 11 is 0. The molecule has 7 heteroatoms. The van der Waals surface area contributed by atoms with E-state index in [9.17, 15) is 14.7 Å². The zero-order valence-electron chi connectivity index (χ0n) is 13.7. The van der Waals surface area contributed by atoms with E-state index >= 15 is 0 Å². The van der Waals surface area contributed by atoms with Gasteiger partial charge in [0.2, 0.25) is 5.91 Å². The van der Waals surface area contributed by atoms with Gasteiger partial charge in [0.05, 0.1) is 30.6 Å². The zero-order valence-corrected chi connectivity index (χ0v) is 13.7. The Morgan fingerprint density at radius 2 is 1.79 bits per heavy atom. The van der Waals surface area contributed by atoms with Crippen molar-refractivity contribution in [3.63, 3.8) is 0 Å². The molecular weight excluding hydrogens is 314 g/mol. The van der Waals surface area contributed by atoms with Crippen molar-refractivity contribution in [2.45, 2.75) is 20.3 Å². The van der Waals surface area contributed by atoms with Crippen molar-refractivity contribution in [2.75, 3.05) is 26.3 Å². The van der Waals surface area contributed by atoms with Crippen LogP contribution in [0.15, 0.2) is 21.3 Å². The van der Waals surface area contributed by atoms with Crippen LogP contribution in [0, 0.1) is 13.8 Å². The molecular formula is C17H21NO6. The van der Waals surface area contributed by atoms with E-state index in [0.29, 0.717) is 10.9 Å². The van der Waals surface area contributed by atoms with E-state index in [4.69, 9.17) is 14.6 Å². The highest BCUT2D eigenvalue weighted by molar-refractivity contribution is 5.89. The van der Waals surface area contributed by atoms with Gasteiger partial charge >= 0.3 is 5.63 Å². The van der Waals surface area contributed by atoms with Crippen molar-refractivity contribution in [1.29, 1.82) is 0 Å². The number of carbonyl (C=O) groups is 1. The van der Waals surface area contributed by atoms with Crippen molar-refractivity contribution in [3.8, 4) is 5.75 Å². The summed E-state index contributed by atoms with van der Waals surface area (Å²) in [7, 11) is 0. The summed E-state index contributed by atoms with van der Waals surface area (Å²) in [5.41, 5.74) is 1.04. The number of fused-ring (bicyclic) bond motifs is 1. The van der Waals surface area contributed by atoms with Crippen molar-refractivity contribution in [2.24, 2.45) is 0 Å². The number of carbonyl (C=O) groups excluding carboxylic acids is 1. The lowest BCUT2D eigenvalue weighted by atomic mass is 10.0. The molecule has 1 aromatic carbocycles. The lowest BCUT2D eigenvalue weighted by Gasteiger charge is -2.21. The van der Waals surface area contributed by atoms with Crippen LogP contribution in [-0.2, 0) is 11.2 Å². The number of aliphatic hydroxyl groups is 2. The normalized spacial score (nSPS) is 11.0. The summed E-state index contributed by atoms with van der Waals surface area (Å²) in [5, 5.41) is 28.5. The third kappa shape index (κ3) is 3.58. The Labute approximate surface area is 138 Å². The molecule has 0 aliphatic carbocycles. The molecule has 0 radical (unpaired) electrons. The average molecular weight is 335 g/mol. The first-order valence-corrected chi connectivity index (χ1v) is 7.64. The second-order valence-corrected chi connectivity index (χ2v) is 5.66. The average Bonchev–Trinajstić information content (AvgIpc) is 2.50. The maximum Gasteiger partial charge on any atom is 0.340 e. The van der Waals surface area contributed by atoms with Gasteiger partial charge in [-0.1, -0.05) is 0 Å². The van der Waals surface area contributed by atoms with Crippen LogP contribution in [0.3, 0.4) is 0 Å². The van der Waals surface area contributed by atoms with Gasteiger partial charge in [-0.15, -0.1) is 0 Å². The van der Waals surface area contributed by atoms with Crippen molar-refractivity contribution >= 4 is 16.9 Å². The Morgan fingerprint density at radius 3 is 2.38 bits per heavy atom. The molecule has 0 aliphatic heterocycles. The summed E-state index contributed by atoms with van der Waals surface area (Å²) in [6, 6.07) is 3.21. The number of benzene rings is 1. The molecule has 0 saturated heterocycles. The molecule has 0 atom stereocenters. The van der Waals surface area contributed by atoms with E-state index in [1.165, 1.54) is 4.90 Å². The summed E-state index contributed by atoms with van der Waals surface area (Å²) < 4.78 is 5.25. The van der Waals surface area contributed by atoms with Crippen molar-refractivity contribution < 1.29 is 24.5 Å². The molecule has 130 valence electrons. The van der Waals surface area contributed by atoms with Crippen LogP contribution in [0.1, 0.15) is 16.7 Å². The third-order valence-electron chi connectivity index (χ3n) is 3.92. The number of phenolic OH excluding ortho intramolecular Hbond substituents is 1. The van der Waals surface area contributed by atoms with E-state index in [2.05, 4.69) is 0 Å². The minimum atomic E-state index is -0.633. The lowest BCUT2D eigenvalue weighted by molar-refractivity contribution is -0.131. The molecule has 1 amide bonds. The number of hydrogen-bond acceptors (Lipinski definition) is 6. The number of rotatable bonds is 6. The molecule has 0 unspecified atom stereocenters. The summed E-state index contributed by atoms with van der Waals surface area (Å²) in [4.78, 5) is 25.8. The van der Waals surface area contributed by atoms with Crippen LogP contribution in [0.2, 0.25) is 0 Å². The van der Waals surface area contributed by atoms with Crippen molar-refractivity contribution in [1.82, 2.24) is 4.90 Å². The van der Waals surface area contributed by atoms with Gasteiger partial charge in [-0.05, 0) is 37.1 Å². The standard InChI is InChI=1S/C17H21NO6/c1-10-7-13(21)16-11(2)12(17(23)24-14(16)8-10)9-15(22)18(3-5-19)4-6-20/h7-8,19-21H,3-6,9H2,1-2H3. The van der Waals surface area contributed by atoms with E-state index < -0.39 is 11.5 Å². The minimum absolute atomic E-state index is 0.0116. The summed E-state index contributed by atoms with van der Waals surface area (Å²) in [6.07, 6.45) is -0.225. The largest absolute Gasteiger partial charge is 0.507 e. The van der Waals surface area contributed by atoms with E-state index in [0.717, 1.165) is 5.56 Å². The Kier molecular flexibility index (Phi) is 5.58. The molecule has 0 saturated carbocycles. The van der Waals surface area contributed by atoms with Crippen molar-refractivity contribution in [3.05, 3.63) is 39.2 Å². The number of aliphatic hydroxyl groups excluding tert-OH is 2. The smallest absolute Gasteiger partial charge is 0.340 e. The first-order chi connectivity index (χ1) is 11.4. The van der Waals surface area contributed by atoms with Crippen LogP contribution in [0.5, 0.6) is 5.75 Å². The maximum atomic E-state index is 12.3. The first kappa shape index (κ1) is 18.0. The van der Waals surface area contributed by atoms with E-state index in [1.54, 1.807) is 26.0 Å². The van der Waals surface area contributed by atoms with Crippen LogP contribution in [-0.4, -0.2) is 52.4 Å². The fourth-order valence-electron chi connectivity index (χ4n) is 2.73. The molecule has 3 N–H and O–H groups in total. The van der Waals surface area contributed by atoms with Gasteiger partial charge in [0.1, 0.15) is 11.3 Å². The number of aryl methyl sites for hydroxylation is 2. The zero-order chi connectivity index (χ0) is 17.9. The molecule has 24 heavy (non-hydrogen) atoms. The molecule has 1 aromatic heterocycles. The molecule has 0 bridgehead atoms. The van der Waals surface area contributed by atoms with Gasteiger partial charge in [0.25, 0.3) is 0 Å². The minimum Gasteiger partial charge on any atom is -0.507 e. The highest BCUT2D eigenvalue weighted by atomic mass is 16.4. The van der Waals surface area contributed by atoms with Gasteiger partial charge < -0.3 is 24.6 Å². The predicted octanol–water partition coefficient (Wildman–Crippen LogP) is 0.471. The number of phenols is 1. The summed E-state index contributed by atoms with van der Waals surface area (Å²) in [6.45, 7) is 3.09. The molecule has 0 aliphatic rings. The SMILES string of the molecule is Cc1cc(O)c2c(C)c(CC(=O)N(CCO)CCO)c(=O)oc2c1. The molecule has 0 spiro atoms. The highest BCUT2D eigenvalue weighted by Gasteiger charge is 2.20. The summed E-state index contributed by atoms with van der Waals surface area (Å²) in [5.74, 6) is -0.415. The quantitative estimate of drug-likeness (QED) is 0.662.